The smallest absolute Gasteiger partial charge is 0.407 e. The van der Waals surface area contributed by atoms with E-state index < -0.39 is 12.1 Å². The van der Waals surface area contributed by atoms with Crippen molar-refractivity contribution in [1.82, 2.24) is 10.2 Å². The van der Waals surface area contributed by atoms with Gasteiger partial charge in [-0.05, 0) is 42.0 Å². The van der Waals surface area contributed by atoms with Gasteiger partial charge in [-0.3, -0.25) is 9.59 Å². The van der Waals surface area contributed by atoms with Gasteiger partial charge in [-0.25, -0.2) is 4.79 Å². The number of piperidine rings is 1. The Bertz CT molecular complexity index is 1030. The summed E-state index contributed by atoms with van der Waals surface area (Å²) < 4.78 is 11.0. The number of fused-ring (bicyclic) bond motifs is 3. The third kappa shape index (κ3) is 5.82. The fourth-order valence-corrected chi connectivity index (χ4v) is 5.05. The SMILES string of the molecule is C[C@H]1C[C@@H](C(=O)O)CCN1C(=O)CCOCCNC(=O)OCC1c2ccccc2-c2ccccc21. The fourth-order valence-electron chi connectivity index (χ4n) is 5.05. The number of alkyl carbamates (subject to hydrolysis) is 1. The van der Waals surface area contributed by atoms with Gasteiger partial charge < -0.3 is 24.8 Å². The first kappa shape index (κ1) is 24.7. The molecule has 0 unspecified atom stereocenters. The van der Waals surface area contributed by atoms with Crippen LogP contribution in [0.1, 0.15) is 43.2 Å². The molecule has 1 heterocycles. The summed E-state index contributed by atoms with van der Waals surface area (Å²) >= 11 is 0. The van der Waals surface area contributed by atoms with Crippen molar-refractivity contribution in [2.45, 2.75) is 38.1 Å². The number of carboxylic acid groups (broad SMARTS) is 1. The maximum atomic E-state index is 12.4. The van der Waals surface area contributed by atoms with E-state index in [0.717, 1.165) is 11.1 Å². The summed E-state index contributed by atoms with van der Waals surface area (Å²) in [6, 6.07) is 16.3. The second-order valence-electron chi connectivity index (χ2n) is 9.11. The number of rotatable bonds is 9. The zero-order chi connectivity index (χ0) is 24.8. The molecule has 1 aliphatic heterocycles. The van der Waals surface area contributed by atoms with Crippen molar-refractivity contribution in [1.29, 1.82) is 0 Å². The number of benzene rings is 2. The van der Waals surface area contributed by atoms with E-state index in [4.69, 9.17) is 14.6 Å². The molecule has 0 saturated carbocycles. The minimum atomic E-state index is -0.795. The van der Waals surface area contributed by atoms with Crippen LogP contribution < -0.4 is 5.32 Å². The minimum absolute atomic E-state index is 0.0124. The molecule has 2 aliphatic rings. The first-order valence-corrected chi connectivity index (χ1v) is 12.1. The van der Waals surface area contributed by atoms with Crippen LogP contribution in [0.5, 0.6) is 0 Å². The quantitative estimate of drug-likeness (QED) is 0.531. The summed E-state index contributed by atoms with van der Waals surface area (Å²) in [6.45, 7) is 3.40. The van der Waals surface area contributed by atoms with Crippen molar-refractivity contribution in [2.75, 3.05) is 32.9 Å². The van der Waals surface area contributed by atoms with Gasteiger partial charge >= 0.3 is 12.1 Å². The number of nitrogens with one attached hydrogen (secondary N) is 1. The van der Waals surface area contributed by atoms with Gasteiger partial charge in [-0.15, -0.1) is 0 Å². The van der Waals surface area contributed by atoms with Gasteiger partial charge in [0.2, 0.25) is 5.91 Å². The van der Waals surface area contributed by atoms with Crippen molar-refractivity contribution >= 4 is 18.0 Å². The Hall–Kier alpha value is -3.39. The van der Waals surface area contributed by atoms with Gasteiger partial charge in [0.05, 0.1) is 25.6 Å². The number of amides is 2. The topological polar surface area (TPSA) is 105 Å². The van der Waals surface area contributed by atoms with Crippen LogP contribution in [0.4, 0.5) is 4.79 Å². The average molecular weight is 481 g/mol. The lowest BCUT2D eigenvalue weighted by Gasteiger charge is -2.36. The molecule has 2 amide bonds. The summed E-state index contributed by atoms with van der Waals surface area (Å²) in [4.78, 5) is 37.5. The normalized spacial score (nSPS) is 19.1. The van der Waals surface area contributed by atoms with Crippen LogP contribution in [-0.2, 0) is 19.1 Å². The lowest BCUT2D eigenvalue weighted by molar-refractivity contribution is -0.147. The van der Waals surface area contributed by atoms with Crippen molar-refractivity contribution in [2.24, 2.45) is 5.92 Å². The zero-order valence-corrected chi connectivity index (χ0v) is 19.9. The van der Waals surface area contributed by atoms with Crippen LogP contribution in [0.2, 0.25) is 0 Å². The minimum Gasteiger partial charge on any atom is -0.481 e. The molecule has 186 valence electrons. The molecule has 0 aromatic heterocycles. The van der Waals surface area contributed by atoms with Crippen LogP contribution in [-0.4, -0.2) is 66.9 Å². The Kier molecular flexibility index (Phi) is 8.02. The Balaban J connectivity index is 1.13. The molecule has 0 radical (unpaired) electrons. The van der Waals surface area contributed by atoms with Gasteiger partial charge in [-0.2, -0.15) is 0 Å². The maximum absolute atomic E-state index is 12.4. The molecule has 0 spiro atoms. The molecule has 1 fully saturated rings. The second kappa shape index (κ2) is 11.4. The Labute approximate surface area is 205 Å². The molecule has 2 N–H and O–H groups in total. The van der Waals surface area contributed by atoms with Crippen molar-refractivity contribution in [3.8, 4) is 11.1 Å². The van der Waals surface area contributed by atoms with Crippen molar-refractivity contribution in [3.05, 3.63) is 59.7 Å². The summed E-state index contributed by atoms with van der Waals surface area (Å²) in [5.41, 5.74) is 4.69. The molecular weight excluding hydrogens is 448 g/mol. The molecule has 8 nitrogen and oxygen atoms in total. The van der Waals surface area contributed by atoms with E-state index in [2.05, 4.69) is 29.6 Å². The van der Waals surface area contributed by atoms with Gasteiger partial charge in [0.1, 0.15) is 6.61 Å². The van der Waals surface area contributed by atoms with Crippen molar-refractivity contribution in [3.63, 3.8) is 0 Å². The first-order valence-electron chi connectivity index (χ1n) is 12.1. The molecule has 2 aromatic rings. The van der Waals surface area contributed by atoms with Gasteiger partial charge in [0, 0.05) is 25.0 Å². The van der Waals surface area contributed by atoms with Gasteiger partial charge in [0.15, 0.2) is 0 Å². The maximum Gasteiger partial charge on any atom is 0.407 e. The summed E-state index contributed by atoms with van der Waals surface area (Å²) in [5.74, 6) is -1.20. The zero-order valence-electron chi connectivity index (χ0n) is 19.9. The Morgan fingerprint density at radius 2 is 1.69 bits per heavy atom. The predicted octanol–water partition coefficient (Wildman–Crippen LogP) is 3.64. The molecule has 2 aromatic carbocycles. The number of nitrogens with zero attached hydrogens (tertiary/aromatic N) is 1. The van der Waals surface area contributed by atoms with E-state index in [-0.39, 0.29) is 56.6 Å². The molecule has 2 atom stereocenters. The summed E-state index contributed by atoms with van der Waals surface area (Å²) in [5, 5.41) is 11.8. The molecule has 1 saturated heterocycles. The lowest BCUT2D eigenvalue weighted by atomic mass is 9.91. The van der Waals surface area contributed by atoms with Gasteiger partial charge in [0.25, 0.3) is 0 Å². The monoisotopic (exact) mass is 480 g/mol. The number of carbonyl (C=O) groups excluding carboxylic acids is 2. The van der Waals surface area contributed by atoms with Crippen LogP contribution in [0.3, 0.4) is 0 Å². The van der Waals surface area contributed by atoms with Crippen LogP contribution >= 0.6 is 0 Å². The van der Waals surface area contributed by atoms with E-state index >= 15 is 0 Å². The predicted molar refractivity (Wildman–Crippen MR) is 130 cm³/mol. The fraction of sp³-hybridized carbons (Fsp3) is 0.444. The molecule has 4 rings (SSSR count). The third-order valence-electron chi connectivity index (χ3n) is 6.87. The number of likely N-dealkylation sites (tertiary alicyclic amines) is 1. The number of hydrogen-bond acceptors (Lipinski definition) is 5. The number of hydrogen-bond donors (Lipinski definition) is 2. The standard InChI is InChI=1S/C27H32N2O6/c1-18-16-19(26(31)32)10-13-29(18)25(30)11-14-34-15-12-28-27(33)35-17-24-22-8-4-2-6-20(22)21-7-3-5-9-23(21)24/h2-9,18-19,24H,10-17H2,1H3,(H,28,33)(H,31,32)/t18-,19-/m0/s1. The highest BCUT2D eigenvalue weighted by molar-refractivity contribution is 5.79. The Morgan fingerprint density at radius 1 is 1.03 bits per heavy atom. The van der Waals surface area contributed by atoms with Gasteiger partial charge in [-0.1, -0.05) is 48.5 Å². The van der Waals surface area contributed by atoms with E-state index in [9.17, 15) is 14.4 Å². The largest absolute Gasteiger partial charge is 0.481 e. The first-order chi connectivity index (χ1) is 17.0. The van der Waals surface area contributed by atoms with E-state index in [1.165, 1.54) is 11.1 Å². The molecule has 8 heteroatoms. The lowest BCUT2D eigenvalue weighted by Crippen LogP contribution is -2.46. The second-order valence-corrected chi connectivity index (χ2v) is 9.11. The average Bonchev–Trinajstić information content (AvgIpc) is 3.18. The van der Waals surface area contributed by atoms with E-state index in [1.807, 2.05) is 31.2 Å². The number of carboxylic acids is 1. The van der Waals surface area contributed by atoms with Crippen LogP contribution in [0.15, 0.2) is 48.5 Å². The summed E-state index contributed by atoms with van der Waals surface area (Å²) in [7, 11) is 0. The Morgan fingerprint density at radius 3 is 2.31 bits per heavy atom. The number of carbonyl (C=O) groups is 3. The van der Waals surface area contributed by atoms with E-state index in [1.54, 1.807) is 4.90 Å². The third-order valence-corrected chi connectivity index (χ3v) is 6.87. The van der Waals surface area contributed by atoms with Crippen molar-refractivity contribution < 1.29 is 29.0 Å². The van der Waals surface area contributed by atoms with Crippen LogP contribution in [0.25, 0.3) is 11.1 Å². The highest BCUT2D eigenvalue weighted by Gasteiger charge is 2.32. The number of aliphatic carboxylic acids is 1. The molecule has 1 aliphatic carbocycles. The summed E-state index contributed by atoms with van der Waals surface area (Å²) in [6.07, 6.45) is 0.691. The van der Waals surface area contributed by atoms with E-state index in [0.29, 0.717) is 19.4 Å². The highest BCUT2D eigenvalue weighted by atomic mass is 16.5. The molecule has 0 bridgehead atoms. The molecular formula is C27H32N2O6. The number of ether oxygens (including phenoxy) is 2. The molecule has 35 heavy (non-hydrogen) atoms. The van der Waals surface area contributed by atoms with Crippen LogP contribution in [0, 0.1) is 5.92 Å². The highest BCUT2D eigenvalue weighted by Crippen LogP contribution is 2.44.